The van der Waals surface area contributed by atoms with Crippen LogP contribution in [0, 0.1) is 5.82 Å². The third-order valence-electron chi connectivity index (χ3n) is 5.13. The molecule has 0 aromatic heterocycles. The molecule has 2 fully saturated rings. The molecule has 3 N–H and O–H groups in total. The molecule has 138 valence electrons. The molecule has 1 aromatic carbocycles. The minimum atomic E-state index is -1.34. The number of fused-ring (bicyclic) bond motifs is 1. The van der Waals surface area contributed by atoms with Crippen LogP contribution in [0.5, 0.6) is 0 Å². The van der Waals surface area contributed by atoms with E-state index in [-0.39, 0.29) is 24.0 Å². The molecule has 9 heteroatoms. The number of carbonyl (C=O) groups excluding carboxylic acids is 3. The molecule has 3 aliphatic heterocycles. The first kappa shape index (κ1) is 16.9. The number of nitrogens with zero attached hydrogens (tertiary/aromatic N) is 2. The Morgan fingerprint density at radius 1 is 1.15 bits per heavy atom. The number of rotatable bonds is 2. The highest BCUT2D eigenvalue weighted by Gasteiger charge is 2.45. The average Bonchev–Trinajstić information content (AvgIpc) is 2.86. The van der Waals surface area contributed by atoms with Gasteiger partial charge in [0.05, 0.1) is 11.3 Å². The predicted octanol–water partition coefficient (Wildman–Crippen LogP) is -0.513. The second-order valence-corrected chi connectivity index (χ2v) is 6.68. The minimum Gasteiger partial charge on any atom is -0.369 e. The highest BCUT2D eigenvalue weighted by atomic mass is 19.1. The maximum Gasteiger partial charge on any atom is 0.257 e. The van der Waals surface area contributed by atoms with Gasteiger partial charge >= 0.3 is 0 Å². The van der Waals surface area contributed by atoms with Gasteiger partial charge in [0.15, 0.2) is 6.23 Å². The van der Waals surface area contributed by atoms with Crippen molar-refractivity contribution in [1.82, 2.24) is 15.5 Å². The summed E-state index contributed by atoms with van der Waals surface area (Å²) in [4.78, 5) is 39.0. The summed E-state index contributed by atoms with van der Waals surface area (Å²) in [5, 5.41) is 16.0. The minimum absolute atomic E-state index is 0.0542. The molecule has 1 aromatic rings. The predicted molar refractivity (Wildman–Crippen MR) is 88.8 cm³/mol. The fourth-order valence-electron chi connectivity index (χ4n) is 3.78. The summed E-state index contributed by atoms with van der Waals surface area (Å²) in [7, 11) is 0. The molecule has 3 heterocycles. The fourth-order valence-corrected chi connectivity index (χ4v) is 3.78. The first-order valence-electron chi connectivity index (χ1n) is 8.61. The Hall–Kier alpha value is -2.52. The number of piperidine rings is 1. The quantitative estimate of drug-likeness (QED) is 0.613. The second-order valence-electron chi connectivity index (χ2n) is 6.68. The number of halogens is 1. The van der Waals surface area contributed by atoms with Gasteiger partial charge in [0, 0.05) is 38.2 Å². The van der Waals surface area contributed by atoms with Crippen molar-refractivity contribution < 1.29 is 23.9 Å². The third-order valence-corrected chi connectivity index (χ3v) is 5.13. The lowest BCUT2D eigenvalue weighted by atomic mass is 10.0. The van der Waals surface area contributed by atoms with Crippen LogP contribution in [0.3, 0.4) is 0 Å². The van der Waals surface area contributed by atoms with Crippen LogP contribution in [0.15, 0.2) is 12.1 Å². The Kier molecular flexibility index (Phi) is 4.12. The van der Waals surface area contributed by atoms with Crippen molar-refractivity contribution >= 4 is 23.4 Å². The molecular weight excluding hydrogens is 343 g/mol. The van der Waals surface area contributed by atoms with Gasteiger partial charge in [-0.05, 0) is 18.6 Å². The zero-order chi connectivity index (χ0) is 18.4. The number of amides is 3. The number of nitrogens with one attached hydrogen (secondary N) is 2. The molecule has 2 unspecified atom stereocenters. The molecule has 0 aliphatic carbocycles. The summed E-state index contributed by atoms with van der Waals surface area (Å²) < 4.78 is 14.6. The van der Waals surface area contributed by atoms with Crippen LogP contribution >= 0.6 is 0 Å². The molecule has 3 aliphatic rings. The van der Waals surface area contributed by atoms with E-state index >= 15 is 0 Å². The monoisotopic (exact) mass is 362 g/mol. The number of carbonyl (C=O) groups is 3. The van der Waals surface area contributed by atoms with Gasteiger partial charge in [0.25, 0.3) is 5.91 Å². The highest BCUT2D eigenvalue weighted by Crippen LogP contribution is 2.38. The Balaban J connectivity index is 1.66. The van der Waals surface area contributed by atoms with E-state index in [9.17, 15) is 23.9 Å². The molecule has 8 nitrogen and oxygen atoms in total. The largest absolute Gasteiger partial charge is 0.369 e. The van der Waals surface area contributed by atoms with Crippen LogP contribution in [-0.4, -0.2) is 59.9 Å². The third kappa shape index (κ3) is 2.63. The number of hydrogen-bond acceptors (Lipinski definition) is 6. The number of aliphatic hydroxyl groups is 1. The second kappa shape index (κ2) is 6.33. The molecule has 26 heavy (non-hydrogen) atoms. The zero-order valence-corrected chi connectivity index (χ0v) is 14.0. The lowest BCUT2D eigenvalue weighted by Gasteiger charge is -2.32. The molecular formula is C17H19FN4O4. The summed E-state index contributed by atoms with van der Waals surface area (Å²) in [6.45, 7) is 2.69. The summed E-state index contributed by atoms with van der Waals surface area (Å²) in [6, 6.07) is 1.67. The molecule has 0 radical (unpaired) electrons. The number of anilines is 1. The van der Waals surface area contributed by atoms with Crippen molar-refractivity contribution in [3.63, 3.8) is 0 Å². The van der Waals surface area contributed by atoms with Crippen molar-refractivity contribution in [2.45, 2.75) is 25.1 Å². The summed E-state index contributed by atoms with van der Waals surface area (Å²) in [5.74, 6) is -2.16. The molecule has 0 spiro atoms. The van der Waals surface area contributed by atoms with E-state index in [0.29, 0.717) is 18.8 Å². The Morgan fingerprint density at radius 2 is 1.88 bits per heavy atom. The van der Waals surface area contributed by atoms with E-state index in [4.69, 9.17) is 0 Å². The van der Waals surface area contributed by atoms with Crippen molar-refractivity contribution in [2.24, 2.45) is 0 Å². The Morgan fingerprint density at radius 3 is 2.58 bits per heavy atom. The standard InChI is InChI=1S/C17H19FN4O4/c18-11-7-9-10(8-13(11)21-5-3-19-4-6-21)17(26)22(16(9)25)12-1-2-14(23)20-15(12)24/h7-8,12,17,19,26H,1-6H2,(H,20,23,24). The van der Waals surface area contributed by atoms with Crippen LogP contribution < -0.4 is 15.5 Å². The van der Waals surface area contributed by atoms with Crippen LogP contribution in [-0.2, 0) is 9.59 Å². The maximum atomic E-state index is 14.6. The smallest absolute Gasteiger partial charge is 0.257 e. The normalized spacial score (nSPS) is 26.2. The van der Waals surface area contributed by atoms with E-state index in [0.717, 1.165) is 24.1 Å². The van der Waals surface area contributed by atoms with Gasteiger partial charge in [-0.15, -0.1) is 0 Å². The number of hydrogen-bond donors (Lipinski definition) is 3. The maximum absolute atomic E-state index is 14.6. The summed E-state index contributed by atoms with van der Waals surface area (Å²) in [5.41, 5.74) is 0.676. The molecule has 4 rings (SSSR count). The van der Waals surface area contributed by atoms with E-state index in [1.807, 2.05) is 4.90 Å². The van der Waals surface area contributed by atoms with Crippen LogP contribution in [0.25, 0.3) is 0 Å². The molecule has 2 saturated heterocycles. The number of aliphatic hydroxyl groups excluding tert-OH is 1. The van der Waals surface area contributed by atoms with Crippen molar-refractivity contribution in [3.8, 4) is 0 Å². The zero-order valence-electron chi connectivity index (χ0n) is 14.0. The summed E-state index contributed by atoms with van der Waals surface area (Å²) >= 11 is 0. The van der Waals surface area contributed by atoms with Gasteiger partial charge < -0.3 is 15.3 Å². The van der Waals surface area contributed by atoms with Crippen molar-refractivity contribution in [1.29, 1.82) is 0 Å². The Labute approximate surface area is 148 Å². The fraction of sp³-hybridized carbons (Fsp3) is 0.471. The van der Waals surface area contributed by atoms with Gasteiger partial charge in [0.1, 0.15) is 11.9 Å². The lowest BCUT2D eigenvalue weighted by molar-refractivity contribution is -0.139. The van der Waals surface area contributed by atoms with Gasteiger partial charge in [-0.25, -0.2) is 4.39 Å². The van der Waals surface area contributed by atoms with Crippen molar-refractivity contribution in [2.75, 3.05) is 31.1 Å². The highest BCUT2D eigenvalue weighted by molar-refractivity contribution is 6.05. The van der Waals surface area contributed by atoms with Gasteiger partial charge in [-0.2, -0.15) is 0 Å². The van der Waals surface area contributed by atoms with Crippen LogP contribution in [0.1, 0.15) is 35.0 Å². The van der Waals surface area contributed by atoms with Crippen molar-refractivity contribution in [3.05, 3.63) is 29.1 Å². The lowest BCUT2D eigenvalue weighted by Crippen LogP contribution is -2.53. The van der Waals surface area contributed by atoms with Gasteiger partial charge in [-0.1, -0.05) is 0 Å². The first-order chi connectivity index (χ1) is 12.5. The molecule has 2 atom stereocenters. The summed E-state index contributed by atoms with van der Waals surface area (Å²) in [6.07, 6.45) is -1.12. The van der Waals surface area contributed by atoms with Crippen LogP contribution in [0.2, 0.25) is 0 Å². The molecule has 0 bridgehead atoms. The first-order valence-corrected chi connectivity index (χ1v) is 8.61. The Bertz CT molecular complexity index is 793. The van der Waals surface area contributed by atoms with E-state index in [1.54, 1.807) is 0 Å². The topological polar surface area (TPSA) is 102 Å². The molecule has 3 amide bonds. The van der Waals surface area contributed by atoms with E-state index in [2.05, 4.69) is 10.6 Å². The van der Waals surface area contributed by atoms with Gasteiger partial charge in [-0.3, -0.25) is 24.6 Å². The SMILES string of the molecule is O=C1CCC(N2C(=O)c3cc(F)c(N4CCNCC4)cc3C2O)C(=O)N1. The number of piperazine rings is 1. The molecule has 0 saturated carbocycles. The van der Waals surface area contributed by atoms with E-state index < -0.39 is 35.8 Å². The van der Waals surface area contributed by atoms with Crippen LogP contribution in [0.4, 0.5) is 10.1 Å². The van der Waals surface area contributed by atoms with E-state index in [1.165, 1.54) is 6.07 Å². The average molecular weight is 362 g/mol. The number of imide groups is 1. The van der Waals surface area contributed by atoms with Gasteiger partial charge in [0.2, 0.25) is 11.8 Å². The number of benzene rings is 1.